The minimum absolute atomic E-state index is 0.0192. The zero-order valence-corrected chi connectivity index (χ0v) is 15.5. The van der Waals surface area contributed by atoms with Crippen LogP contribution in [0.1, 0.15) is 29.8 Å². The molecule has 2 rings (SSSR count). The Morgan fingerprint density at radius 1 is 1.08 bits per heavy atom. The molecule has 6 heteroatoms. The number of halogens is 1. The van der Waals surface area contributed by atoms with Gasteiger partial charge in [0.05, 0.1) is 25.9 Å². The van der Waals surface area contributed by atoms with E-state index in [-0.39, 0.29) is 18.6 Å². The highest BCUT2D eigenvalue weighted by Crippen LogP contribution is 2.33. The number of benzene rings is 2. The lowest BCUT2D eigenvalue weighted by Gasteiger charge is -2.15. The van der Waals surface area contributed by atoms with Gasteiger partial charge in [0.25, 0.3) is 5.91 Å². The Morgan fingerprint density at radius 2 is 1.72 bits per heavy atom. The van der Waals surface area contributed by atoms with Gasteiger partial charge in [-0.15, -0.1) is 0 Å². The maximum Gasteiger partial charge on any atom is 0.255 e. The van der Waals surface area contributed by atoms with Gasteiger partial charge in [-0.05, 0) is 37.6 Å². The third-order valence-corrected chi connectivity index (χ3v) is 3.84. The fraction of sp³-hybridized carbons (Fsp3) is 0.316. The topological polar surface area (TPSA) is 56.8 Å². The van der Waals surface area contributed by atoms with Gasteiger partial charge in [-0.2, -0.15) is 0 Å². The summed E-state index contributed by atoms with van der Waals surface area (Å²) in [5.74, 6) is 1.41. The zero-order valence-electron chi connectivity index (χ0n) is 14.8. The highest BCUT2D eigenvalue weighted by molar-refractivity contribution is 6.31. The second-order valence-electron chi connectivity index (χ2n) is 5.64. The van der Waals surface area contributed by atoms with Gasteiger partial charge in [-0.3, -0.25) is 4.79 Å². The Labute approximate surface area is 152 Å². The van der Waals surface area contributed by atoms with Crippen molar-refractivity contribution in [2.45, 2.75) is 26.5 Å². The number of nitrogens with one attached hydrogen (secondary N) is 1. The molecule has 0 radical (unpaired) electrons. The molecule has 0 aliphatic carbocycles. The molecule has 2 aromatic carbocycles. The van der Waals surface area contributed by atoms with Crippen LogP contribution in [0.15, 0.2) is 36.4 Å². The largest absolute Gasteiger partial charge is 0.493 e. The molecule has 0 saturated heterocycles. The molecular formula is C19H22ClNO4. The maximum atomic E-state index is 12.5. The van der Waals surface area contributed by atoms with Gasteiger partial charge >= 0.3 is 0 Å². The first-order valence-electron chi connectivity index (χ1n) is 7.90. The Balaban J connectivity index is 2.15. The van der Waals surface area contributed by atoms with Crippen molar-refractivity contribution in [3.63, 3.8) is 0 Å². The van der Waals surface area contributed by atoms with Crippen molar-refractivity contribution in [1.82, 2.24) is 5.32 Å². The molecule has 0 aliphatic rings. The summed E-state index contributed by atoms with van der Waals surface area (Å²) in [7, 11) is 3.09. The monoisotopic (exact) mass is 363 g/mol. The van der Waals surface area contributed by atoms with Crippen LogP contribution in [0.5, 0.6) is 17.2 Å². The number of amides is 1. The highest BCUT2D eigenvalue weighted by atomic mass is 35.5. The molecular weight excluding hydrogens is 342 g/mol. The average Bonchev–Trinajstić information content (AvgIpc) is 2.60. The van der Waals surface area contributed by atoms with Crippen LogP contribution in [0, 0.1) is 0 Å². The maximum absolute atomic E-state index is 12.5. The van der Waals surface area contributed by atoms with Gasteiger partial charge < -0.3 is 19.5 Å². The number of hydrogen-bond donors (Lipinski definition) is 1. The van der Waals surface area contributed by atoms with Crippen LogP contribution in [0.25, 0.3) is 0 Å². The summed E-state index contributed by atoms with van der Waals surface area (Å²) in [6.07, 6.45) is -0.0192. The van der Waals surface area contributed by atoms with Crippen LogP contribution in [0.2, 0.25) is 5.02 Å². The number of methoxy groups -OCH3 is 2. The highest BCUT2D eigenvalue weighted by Gasteiger charge is 2.15. The van der Waals surface area contributed by atoms with Gasteiger partial charge in [0.2, 0.25) is 0 Å². The number of rotatable bonds is 7. The van der Waals surface area contributed by atoms with Crippen LogP contribution >= 0.6 is 11.6 Å². The third kappa shape index (κ3) is 4.79. The van der Waals surface area contributed by atoms with Crippen molar-refractivity contribution in [3.8, 4) is 17.2 Å². The summed E-state index contributed by atoms with van der Waals surface area (Å²) in [5, 5.41) is 3.35. The first-order chi connectivity index (χ1) is 12.0. The first-order valence-corrected chi connectivity index (χ1v) is 8.28. The van der Waals surface area contributed by atoms with Crippen LogP contribution in [0.4, 0.5) is 0 Å². The minimum atomic E-state index is -0.234. The fourth-order valence-corrected chi connectivity index (χ4v) is 2.53. The molecule has 0 aromatic heterocycles. The van der Waals surface area contributed by atoms with E-state index in [0.717, 1.165) is 5.56 Å². The van der Waals surface area contributed by atoms with E-state index in [1.165, 1.54) is 0 Å². The van der Waals surface area contributed by atoms with Gasteiger partial charge in [0.1, 0.15) is 5.75 Å². The summed E-state index contributed by atoms with van der Waals surface area (Å²) >= 11 is 6.26. The molecule has 0 aliphatic heterocycles. The van der Waals surface area contributed by atoms with Crippen molar-refractivity contribution >= 4 is 17.5 Å². The van der Waals surface area contributed by atoms with Crippen molar-refractivity contribution in [1.29, 1.82) is 0 Å². The summed E-state index contributed by atoms with van der Waals surface area (Å²) in [6, 6.07) is 10.5. The molecule has 5 nitrogen and oxygen atoms in total. The quantitative estimate of drug-likeness (QED) is 0.805. The molecule has 0 unspecified atom stereocenters. The van der Waals surface area contributed by atoms with Crippen molar-refractivity contribution < 1.29 is 19.0 Å². The smallest absolute Gasteiger partial charge is 0.255 e. The number of carbonyl (C=O) groups is 1. The second kappa shape index (κ2) is 8.62. The van der Waals surface area contributed by atoms with E-state index in [9.17, 15) is 4.79 Å². The van der Waals surface area contributed by atoms with E-state index < -0.39 is 0 Å². The summed E-state index contributed by atoms with van der Waals surface area (Å²) in [5.41, 5.74) is 1.21. The van der Waals surface area contributed by atoms with Gasteiger partial charge in [-0.25, -0.2) is 0 Å². The molecule has 25 heavy (non-hydrogen) atoms. The molecule has 0 saturated carbocycles. The lowest BCUT2D eigenvalue weighted by molar-refractivity contribution is 0.0945. The van der Waals surface area contributed by atoms with Gasteiger partial charge in [0.15, 0.2) is 11.5 Å². The van der Waals surface area contributed by atoms with Crippen LogP contribution in [-0.4, -0.2) is 26.2 Å². The predicted molar refractivity (Wildman–Crippen MR) is 97.9 cm³/mol. The van der Waals surface area contributed by atoms with Crippen molar-refractivity contribution in [3.05, 3.63) is 52.5 Å². The summed E-state index contributed by atoms with van der Waals surface area (Å²) < 4.78 is 16.2. The van der Waals surface area contributed by atoms with Crippen LogP contribution in [-0.2, 0) is 6.54 Å². The Morgan fingerprint density at radius 3 is 2.36 bits per heavy atom. The Hall–Kier alpha value is -2.40. The summed E-state index contributed by atoms with van der Waals surface area (Å²) in [4.78, 5) is 12.5. The first kappa shape index (κ1) is 18.9. The normalized spacial score (nSPS) is 10.5. The molecule has 0 spiro atoms. The molecule has 0 atom stereocenters. The molecule has 1 amide bonds. The number of ether oxygens (including phenoxy) is 3. The lowest BCUT2D eigenvalue weighted by atomic mass is 10.1. The molecule has 2 aromatic rings. The van der Waals surface area contributed by atoms with Crippen molar-refractivity contribution in [2.75, 3.05) is 14.2 Å². The van der Waals surface area contributed by atoms with Gasteiger partial charge in [0, 0.05) is 17.6 Å². The third-order valence-electron chi connectivity index (χ3n) is 3.49. The van der Waals surface area contributed by atoms with Crippen molar-refractivity contribution in [2.24, 2.45) is 0 Å². The summed E-state index contributed by atoms with van der Waals surface area (Å²) in [6.45, 7) is 4.09. The number of hydrogen-bond acceptors (Lipinski definition) is 4. The molecule has 0 bridgehead atoms. The SMILES string of the molecule is COc1cc(Cl)c(CNC(=O)c2ccccc2OC(C)C)cc1OC. The van der Waals surface area contributed by atoms with E-state index in [4.69, 9.17) is 25.8 Å². The average molecular weight is 364 g/mol. The fourth-order valence-electron chi connectivity index (χ4n) is 2.31. The standard InChI is InChI=1S/C19H22ClNO4/c1-12(2)25-16-8-6-5-7-14(16)19(22)21-11-13-9-17(23-3)18(24-4)10-15(13)20/h5-10,12H,11H2,1-4H3,(H,21,22). The van der Waals surface area contributed by atoms with E-state index in [2.05, 4.69) is 5.32 Å². The molecule has 1 N–H and O–H groups in total. The second-order valence-corrected chi connectivity index (χ2v) is 6.05. The van der Waals surface area contributed by atoms with Gasteiger partial charge in [-0.1, -0.05) is 23.7 Å². The Kier molecular flexibility index (Phi) is 6.53. The predicted octanol–water partition coefficient (Wildman–Crippen LogP) is 4.07. The van der Waals surface area contributed by atoms with E-state index in [1.807, 2.05) is 19.9 Å². The molecule has 134 valence electrons. The molecule has 0 heterocycles. The van der Waals surface area contributed by atoms with E-state index in [1.54, 1.807) is 44.6 Å². The number of para-hydroxylation sites is 1. The lowest BCUT2D eigenvalue weighted by Crippen LogP contribution is -2.24. The zero-order chi connectivity index (χ0) is 18.4. The number of carbonyl (C=O) groups excluding carboxylic acids is 1. The molecule has 0 fully saturated rings. The van der Waals surface area contributed by atoms with E-state index in [0.29, 0.717) is 27.8 Å². The van der Waals surface area contributed by atoms with E-state index >= 15 is 0 Å². The van der Waals surface area contributed by atoms with Crippen LogP contribution in [0.3, 0.4) is 0 Å². The Bertz CT molecular complexity index is 746. The minimum Gasteiger partial charge on any atom is -0.493 e. The van der Waals surface area contributed by atoms with Crippen LogP contribution < -0.4 is 19.5 Å².